The van der Waals surface area contributed by atoms with Crippen molar-refractivity contribution < 1.29 is 57.2 Å². The number of quaternary nitrogens is 1. The van der Waals surface area contributed by atoms with Gasteiger partial charge in [-0.2, -0.15) is 0 Å². The van der Waals surface area contributed by atoms with Crippen LogP contribution in [0.3, 0.4) is 0 Å². The maximum atomic E-state index is 13.6. The van der Waals surface area contributed by atoms with Gasteiger partial charge in [-0.1, -0.05) is 18.7 Å². The first-order chi connectivity index (χ1) is 14.9. The number of phenols is 1. The smallest absolute Gasteiger partial charge is 0.256 e. The molecule has 0 heterocycles. The SMILES string of the molecule is C=C1c2cccc(O)c2C(O)=C2C(=O)[C@]3(O)C(O)=C(C(N)=O)C(=O)[C@@H]([NH+](C)C)[C@@H]3[C@@H](O)[C@H]12.[Cl-]. The van der Waals surface area contributed by atoms with Gasteiger partial charge in [-0.05, 0) is 17.2 Å². The van der Waals surface area contributed by atoms with Crippen molar-refractivity contribution in [2.45, 2.75) is 17.7 Å². The number of phenolic OH excluding ortho intramolecular Hbond substituents is 1. The van der Waals surface area contributed by atoms with E-state index >= 15 is 0 Å². The molecule has 8 N–H and O–H groups in total. The molecule has 0 bridgehead atoms. The molecule has 1 saturated carbocycles. The van der Waals surface area contributed by atoms with Gasteiger partial charge in [0.15, 0.2) is 11.6 Å². The van der Waals surface area contributed by atoms with E-state index in [0.717, 1.165) is 0 Å². The second kappa shape index (κ2) is 7.70. The van der Waals surface area contributed by atoms with Crippen molar-refractivity contribution in [1.29, 1.82) is 0 Å². The number of likely N-dealkylation sites (N-methyl/N-ethyl adjacent to an activating group) is 1. The first-order valence-corrected chi connectivity index (χ1v) is 9.84. The van der Waals surface area contributed by atoms with Crippen LogP contribution in [0.1, 0.15) is 11.1 Å². The molecule has 5 atom stereocenters. The Kier molecular flexibility index (Phi) is 5.71. The zero-order valence-electron chi connectivity index (χ0n) is 17.7. The summed E-state index contributed by atoms with van der Waals surface area (Å²) in [6, 6.07) is 2.98. The number of rotatable bonds is 2. The third kappa shape index (κ3) is 2.88. The molecule has 1 fully saturated rings. The Labute approximate surface area is 194 Å². The summed E-state index contributed by atoms with van der Waals surface area (Å²) in [5.41, 5.74) is 1.25. The van der Waals surface area contributed by atoms with E-state index < -0.39 is 69.7 Å². The molecular formula is C22H23ClN2O8. The van der Waals surface area contributed by atoms with E-state index in [1.807, 2.05) is 0 Å². The predicted molar refractivity (Wildman–Crippen MR) is 110 cm³/mol. The molecule has 1 amide bonds. The fourth-order valence-electron chi connectivity index (χ4n) is 5.31. The molecule has 0 aliphatic heterocycles. The Hall–Kier alpha value is -3.18. The maximum Gasteiger partial charge on any atom is 0.256 e. The fourth-order valence-corrected chi connectivity index (χ4v) is 5.31. The lowest BCUT2D eigenvalue weighted by Crippen LogP contribution is -3.13. The van der Waals surface area contributed by atoms with Crippen molar-refractivity contribution in [2.24, 2.45) is 17.6 Å². The van der Waals surface area contributed by atoms with Crippen molar-refractivity contribution in [3.05, 3.63) is 52.8 Å². The third-order valence-electron chi connectivity index (χ3n) is 6.70. The summed E-state index contributed by atoms with van der Waals surface area (Å²) < 4.78 is 0. The summed E-state index contributed by atoms with van der Waals surface area (Å²) in [7, 11) is 3.04. The highest BCUT2D eigenvalue weighted by atomic mass is 35.5. The lowest BCUT2D eigenvalue weighted by atomic mass is 9.55. The van der Waals surface area contributed by atoms with Crippen molar-refractivity contribution in [2.75, 3.05) is 14.1 Å². The number of primary amides is 1. The molecule has 33 heavy (non-hydrogen) atoms. The highest BCUT2D eigenvalue weighted by Gasteiger charge is 2.69. The lowest BCUT2D eigenvalue weighted by molar-refractivity contribution is -0.881. The molecular weight excluding hydrogens is 456 g/mol. The average molecular weight is 479 g/mol. The van der Waals surface area contributed by atoms with E-state index in [9.17, 15) is 39.9 Å². The van der Waals surface area contributed by atoms with E-state index in [2.05, 4.69) is 6.58 Å². The third-order valence-corrected chi connectivity index (χ3v) is 6.70. The zero-order valence-corrected chi connectivity index (χ0v) is 18.4. The number of carbonyl (C=O) groups excluding carboxylic acids is 3. The second-order valence-electron chi connectivity index (χ2n) is 8.58. The van der Waals surface area contributed by atoms with Gasteiger partial charge in [0.2, 0.25) is 11.6 Å². The molecule has 1 aromatic rings. The molecule has 10 nitrogen and oxygen atoms in total. The van der Waals surface area contributed by atoms with Crippen LogP contribution in [0.5, 0.6) is 5.75 Å². The standard InChI is InChI=1S/C22H22N2O8.ClH/c1-7-8-5-4-6-9(25)11(8)16(26)12-10(7)17(27)14-15(24(2)3)18(28)13(21(23)31)20(30)22(14,32)19(12)29;/h4-6,10,14-15,17,25-27,30,32H,1H2,2-3H3,(H2,23,31);1H/t10-,14-,15+,17+,22+;/m1./s1. The number of aromatic hydroxyl groups is 1. The normalized spacial score (nSPS) is 31.1. The molecule has 0 spiro atoms. The minimum atomic E-state index is -2.92. The monoisotopic (exact) mass is 478 g/mol. The van der Waals surface area contributed by atoms with E-state index in [4.69, 9.17) is 5.73 Å². The highest BCUT2D eigenvalue weighted by Crippen LogP contribution is 2.54. The van der Waals surface area contributed by atoms with Crippen molar-refractivity contribution in [3.8, 4) is 5.75 Å². The number of fused-ring (bicyclic) bond motifs is 3. The number of hydrogen-bond donors (Lipinski definition) is 7. The van der Waals surface area contributed by atoms with Gasteiger partial charge in [0.25, 0.3) is 5.91 Å². The number of nitrogens with two attached hydrogens (primary N) is 1. The van der Waals surface area contributed by atoms with Gasteiger partial charge in [0, 0.05) is 5.92 Å². The summed E-state index contributed by atoms with van der Waals surface area (Å²) in [5, 5.41) is 54.7. The van der Waals surface area contributed by atoms with Gasteiger partial charge in [-0.15, -0.1) is 0 Å². The minimum absolute atomic E-state index is 0. The van der Waals surface area contributed by atoms with Gasteiger partial charge < -0.3 is 48.6 Å². The van der Waals surface area contributed by atoms with Crippen molar-refractivity contribution in [3.63, 3.8) is 0 Å². The van der Waals surface area contributed by atoms with Gasteiger partial charge in [-0.25, -0.2) is 0 Å². The number of Topliss-reactive ketones (excluding diaryl/α,β-unsaturated/α-hetero) is 2. The molecule has 1 aromatic carbocycles. The quantitative estimate of drug-likeness (QED) is 0.206. The minimum Gasteiger partial charge on any atom is -1.00 e. The van der Waals surface area contributed by atoms with Crippen LogP contribution in [0.4, 0.5) is 0 Å². The van der Waals surface area contributed by atoms with Gasteiger partial charge in [0.1, 0.15) is 22.8 Å². The first-order valence-electron chi connectivity index (χ1n) is 9.84. The molecule has 11 heteroatoms. The molecule has 0 saturated heterocycles. The van der Waals surface area contributed by atoms with Crippen molar-refractivity contribution in [1.82, 2.24) is 0 Å². The second-order valence-corrected chi connectivity index (χ2v) is 8.58. The van der Waals surface area contributed by atoms with E-state index in [0.29, 0.717) is 4.90 Å². The molecule has 0 aromatic heterocycles. The van der Waals surface area contributed by atoms with Crippen LogP contribution in [0.25, 0.3) is 11.3 Å². The molecule has 3 aliphatic carbocycles. The Morgan fingerprint density at radius 2 is 1.79 bits per heavy atom. The molecule has 0 unspecified atom stereocenters. The zero-order chi connectivity index (χ0) is 23.9. The largest absolute Gasteiger partial charge is 1.00 e. The number of amides is 1. The number of aliphatic hydroxyl groups excluding tert-OH is 3. The van der Waals surface area contributed by atoms with Crippen LogP contribution in [0.15, 0.2) is 41.7 Å². The van der Waals surface area contributed by atoms with Gasteiger partial charge in [-0.3, -0.25) is 14.4 Å². The van der Waals surface area contributed by atoms with E-state index in [1.165, 1.54) is 32.3 Å². The topological polar surface area (TPSA) is 183 Å². The van der Waals surface area contributed by atoms with Crippen LogP contribution < -0.4 is 23.0 Å². The average Bonchev–Trinajstić information content (AvgIpc) is 2.70. The molecule has 176 valence electrons. The Morgan fingerprint density at radius 3 is 2.33 bits per heavy atom. The molecule has 0 radical (unpaired) electrons. The maximum absolute atomic E-state index is 13.6. The Morgan fingerprint density at radius 1 is 1.18 bits per heavy atom. The predicted octanol–water partition coefficient (Wildman–Crippen LogP) is -5.01. The number of benzene rings is 1. The van der Waals surface area contributed by atoms with Crippen LogP contribution in [-0.2, 0) is 14.4 Å². The summed E-state index contributed by atoms with van der Waals surface area (Å²) in [6.45, 7) is 3.92. The number of carbonyl (C=O) groups is 3. The van der Waals surface area contributed by atoms with E-state index in [-0.39, 0.29) is 34.9 Å². The van der Waals surface area contributed by atoms with E-state index in [1.54, 1.807) is 0 Å². The Bertz CT molecular complexity index is 1190. The van der Waals surface area contributed by atoms with Crippen molar-refractivity contribution >= 4 is 28.8 Å². The highest BCUT2D eigenvalue weighted by molar-refractivity contribution is 6.24. The van der Waals surface area contributed by atoms with Gasteiger partial charge in [0.05, 0.1) is 37.3 Å². The Balaban J connectivity index is 0.00000306. The summed E-state index contributed by atoms with van der Waals surface area (Å²) >= 11 is 0. The summed E-state index contributed by atoms with van der Waals surface area (Å²) in [5.74, 6) is -8.64. The number of halogens is 1. The van der Waals surface area contributed by atoms with Crippen LogP contribution in [0.2, 0.25) is 0 Å². The van der Waals surface area contributed by atoms with Crippen LogP contribution in [0, 0.1) is 11.8 Å². The number of nitrogens with one attached hydrogen (secondary N) is 1. The molecule has 3 aliphatic rings. The number of ketones is 2. The van der Waals surface area contributed by atoms with Gasteiger partial charge >= 0.3 is 0 Å². The fraction of sp³-hybridized carbons (Fsp3) is 0.318. The van der Waals surface area contributed by atoms with Crippen LogP contribution in [-0.4, -0.2) is 74.8 Å². The number of aliphatic hydroxyl groups is 4. The first kappa shape index (κ1) is 24.5. The van der Waals surface area contributed by atoms with Crippen LogP contribution >= 0.6 is 0 Å². The lowest BCUT2D eigenvalue weighted by Gasteiger charge is -2.51. The summed E-state index contributed by atoms with van der Waals surface area (Å²) in [6.07, 6.45) is -1.67. The number of hydrogen-bond acceptors (Lipinski definition) is 8. The molecule has 4 rings (SSSR count). The summed E-state index contributed by atoms with van der Waals surface area (Å²) in [4.78, 5) is 39.0.